The first kappa shape index (κ1) is 16.4. The molecule has 1 N–H and O–H groups in total. The first-order valence-corrected chi connectivity index (χ1v) is 9.52. The zero-order valence-corrected chi connectivity index (χ0v) is 14.6. The van der Waals surface area contributed by atoms with Crippen molar-refractivity contribution in [3.05, 3.63) is 57.0 Å². The van der Waals surface area contributed by atoms with Crippen molar-refractivity contribution in [3.63, 3.8) is 0 Å². The smallest absolute Gasteiger partial charge is 0.220 e. The molecule has 23 heavy (non-hydrogen) atoms. The van der Waals surface area contributed by atoms with Gasteiger partial charge in [0.15, 0.2) is 0 Å². The second-order valence-corrected chi connectivity index (χ2v) is 7.89. The first-order chi connectivity index (χ1) is 11.0. The Kier molecular flexibility index (Phi) is 4.69. The zero-order chi connectivity index (χ0) is 16.4. The minimum absolute atomic E-state index is 0.00465. The van der Waals surface area contributed by atoms with Crippen LogP contribution in [0, 0.1) is 0 Å². The van der Waals surface area contributed by atoms with Gasteiger partial charge in [0, 0.05) is 10.4 Å². The summed E-state index contributed by atoms with van der Waals surface area (Å²) in [4.78, 5) is -0.0723. The molecule has 2 aromatic heterocycles. The van der Waals surface area contributed by atoms with E-state index in [1.165, 1.54) is 29.5 Å². The third-order valence-electron chi connectivity index (χ3n) is 2.94. The molecule has 0 spiro atoms. The molecule has 1 aromatic carbocycles. The summed E-state index contributed by atoms with van der Waals surface area (Å²) < 4.78 is 28.6. The Morgan fingerprint density at radius 2 is 2.09 bits per heavy atom. The highest BCUT2D eigenvalue weighted by molar-refractivity contribution is 7.89. The fourth-order valence-electron chi connectivity index (χ4n) is 1.82. The van der Waals surface area contributed by atoms with Crippen LogP contribution in [0.4, 0.5) is 0 Å². The van der Waals surface area contributed by atoms with Gasteiger partial charge in [-0.3, -0.25) is 0 Å². The van der Waals surface area contributed by atoms with Gasteiger partial charge in [0.05, 0.1) is 29.1 Å². The molecule has 120 valence electrons. The predicted molar refractivity (Wildman–Crippen MR) is 89.7 cm³/mol. The van der Waals surface area contributed by atoms with Crippen molar-refractivity contribution < 1.29 is 8.42 Å². The summed E-state index contributed by atoms with van der Waals surface area (Å²) >= 11 is 13.3. The van der Waals surface area contributed by atoms with E-state index in [9.17, 15) is 8.42 Å². The lowest BCUT2D eigenvalue weighted by atomic mass is 10.4. The van der Waals surface area contributed by atoms with Crippen LogP contribution in [0.15, 0.2) is 46.1 Å². The predicted octanol–water partition coefficient (Wildman–Crippen LogP) is 3.11. The van der Waals surface area contributed by atoms with Crippen LogP contribution in [-0.2, 0) is 16.6 Å². The Bertz CT molecular complexity index is 923. The van der Waals surface area contributed by atoms with Crippen molar-refractivity contribution in [2.24, 2.45) is 0 Å². The van der Waals surface area contributed by atoms with Gasteiger partial charge in [-0.2, -0.15) is 11.3 Å². The summed E-state index contributed by atoms with van der Waals surface area (Å²) in [5, 5.41) is 12.1. The van der Waals surface area contributed by atoms with Gasteiger partial charge in [-0.05, 0) is 29.6 Å². The Balaban J connectivity index is 1.76. The molecule has 0 saturated heterocycles. The van der Waals surface area contributed by atoms with E-state index in [0.29, 0.717) is 5.69 Å². The Hall–Kier alpha value is -1.45. The number of halogens is 2. The van der Waals surface area contributed by atoms with Gasteiger partial charge in [-0.25, -0.2) is 17.8 Å². The standard InChI is InChI=1S/C13H10Cl2N4O2S2/c14-9-1-2-12(15)13(5-9)23(20,21)16-6-10-7-19(18-17-10)11-3-4-22-8-11/h1-5,7-8,16H,6H2. The Morgan fingerprint density at radius 3 is 2.83 bits per heavy atom. The molecular weight excluding hydrogens is 379 g/mol. The van der Waals surface area contributed by atoms with E-state index >= 15 is 0 Å². The van der Waals surface area contributed by atoms with E-state index in [2.05, 4.69) is 15.0 Å². The maximum absolute atomic E-state index is 12.3. The van der Waals surface area contributed by atoms with Crippen LogP contribution < -0.4 is 4.72 Å². The molecule has 2 heterocycles. The van der Waals surface area contributed by atoms with Crippen molar-refractivity contribution in [2.75, 3.05) is 0 Å². The number of nitrogens with one attached hydrogen (secondary N) is 1. The molecule has 0 saturated carbocycles. The summed E-state index contributed by atoms with van der Waals surface area (Å²) in [6.07, 6.45) is 1.66. The molecule has 0 aliphatic heterocycles. The minimum atomic E-state index is -3.80. The third-order valence-corrected chi connectivity index (χ3v) is 5.73. The quantitative estimate of drug-likeness (QED) is 0.728. The number of sulfonamides is 1. The van der Waals surface area contributed by atoms with Gasteiger partial charge >= 0.3 is 0 Å². The van der Waals surface area contributed by atoms with Gasteiger partial charge in [0.2, 0.25) is 10.0 Å². The summed E-state index contributed by atoms with van der Waals surface area (Å²) in [5.41, 5.74) is 1.35. The molecule has 6 nitrogen and oxygen atoms in total. The lowest BCUT2D eigenvalue weighted by Crippen LogP contribution is -2.23. The summed E-state index contributed by atoms with van der Waals surface area (Å²) in [6.45, 7) is -0.00465. The van der Waals surface area contributed by atoms with Crippen molar-refractivity contribution in [3.8, 4) is 5.69 Å². The van der Waals surface area contributed by atoms with Crippen LogP contribution in [0.5, 0.6) is 0 Å². The van der Waals surface area contributed by atoms with E-state index in [0.717, 1.165) is 5.69 Å². The van der Waals surface area contributed by atoms with Crippen LogP contribution in [-0.4, -0.2) is 23.4 Å². The average molecular weight is 389 g/mol. The molecule has 0 fully saturated rings. The highest BCUT2D eigenvalue weighted by Gasteiger charge is 2.18. The molecule has 0 atom stereocenters. The van der Waals surface area contributed by atoms with E-state index in [4.69, 9.17) is 23.2 Å². The number of aromatic nitrogens is 3. The highest BCUT2D eigenvalue weighted by Crippen LogP contribution is 2.24. The molecule has 3 aromatic rings. The van der Waals surface area contributed by atoms with E-state index in [-0.39, 0.29) is 21.5 Å². The van der Waals surface area contributed by atoms with E-state index < -0.39 is 10.0 Å². The highest BCUT2D eigenvalue weighted by atomic mass is 35.5. The lowest BCUT2D eigenvalue weighted by Gasteiger charge is -2.07. The van der Waals surface area contributed by atoms with E-state index in [1.807, 2.05) is 16.8 Å². The van der Waals surface area contributed by atoms with Crippen LogP contribution >= 0.6 is 34.5 Å². The molecule has 0 unspecified atom stereocenters. The minimum Gasteiger partial charge on any atom is -0.220 e. The van der Waals surface area contributed by atoms with Gasteiger partial charge in [0.25, 0.3) is 0 Å². The fraction of sp³-hybridized carbons (Fsp3) is 0.0769. The summed E-state index contributed by atoms with van der Waals surface area (Å²) in [5.74, 6) is 0. The van der Waals surface area contributed by atoms with Crippen molar-refractivity contribution >= 4 is 44.6 Å². The van der Waals surface area contributed by atoms with Gasteiger partial charge < -0.3 is 0 Å². The molecule has 0 amide bonds. The van der Waals surface area contributed by atoms with Gasteiger partial charge in [-0.15, -0.1) is 5.10 Å². The number of benzene rings is 1. The summed E-state index contributed by atoms with van der Waals surface area (Å²) in [6, 6.07) is 6.15. The molecule has 0 radical (unpaired) electrons. The van der Waals surface area contributed by atoms with Crippen molar-refractivity contribution in [1.29, 1.82) is 0 Å². The second-order valence-electron chi connectivity index (χ2n) is 4.54. The number of hydrogen-bond donors (Lipinski definition) is 1. The van der Waals surface area contributed by atoms with Gasteiger partial charge in [-0.1, -0.05) is 28.4 Å². The monoisotopic (exact) mass is 388 g/mol. The molecule has 0 aliphatic carbocycles. The lowest BCUT2D eigenvalue weighted by molar-refractivity contribution is 0.580. The largest absolute Gasteiger partial charge is 0.242 e. The van der Waals surface area contributed by atoms with Crippen LogP contribution in [0.1, 0.15) is 5.69 Å². The molecule has 10 heteroatoms. The first-order valence-electron chi connectivity index (χ1n) is 6.34. The molecular formula is C13H10Cl2N4O2S2. The SMILES string of the molecule is O=S(=O)(NCc1cn(-c2ccsc2)nn1)c1cc(Cl)ccc1Cl. The Morgan fingerprint density at radius 1 is 1.26 bits per heavy atom. The average Bonchev–Trinajstić information content (AvgIpc) is 3.18. The van der Waals surface area contributed by atoms with Crippen molar-refractivity contribution in [2.45, 2.75) is 11.4 Å². The number of nitrogens with zero attached hydrogens (tertiary/aromatic N) is 3. The van der Waals surface area contributed by atoms with E-state index in [1.54, 1.807) is 10.9 Å². The second kappa shape index (κ2) is 6.58. The van der Waals surface area contributed by atoms with Crippen molar-refractivity contribution in [1.82, 2.24) is 19.7 Å². The molecule has 3 rings (SSSR count). The maximum Gasteiger partial charge on any atom is 0.242 e. The summed E-state index contributed by atoms with van der Waals surface area (Å²) in [7, 11) is -3.80. The van der Waals surface area contributed by atoms with Crippen LogP contribution in [0.25, 0.3) is 5.69 Å². The Labute approximate surface area is 146 Å². The topological polar surface area (TPSA) is 76.9 Å². The number of rotatable bonds is 5. The number of thiophene rings is 1. The normalized spacial score (nSPS) is 11.7. The fourth-order valence-corrected chi connectivity index (χ4v) is 4.20. The number of hydrogen-bond acceptors (Lipinski definition) is 5. The van der Waals surface area contributed by atoms with Gasteiger partial charge in [0.1, 0.15) is 4.90 Å². The third kappa shape index (κ3) is 3.73. The van der Waals surface area contributed by atoms with Crippen LogP contribution in [0.3, 0.4) is 0 Å². The van der Waals surface area contributed by atoms with Crippen LogP contribution in [0.2, 0.25) is 10.0 Å². The molecule has 0 aliphatic rings. The zero-order valence-electron chi connectivity index (χ0n) is 11.5. The molecule has 0 bridgehead atoms. The maximum atomic E-state index is 12.3.